The molecule has 0 N–H and O–H groups in total. The summed E-state index contributed by atoms with van der Waals surface area (Å²) < 4.78 is 19.5. The highest BCUT2D eigenvalue weighted by Crippen LogP contribution is 2.27. The number of hydrogen-bond acceptors (Lipinski definition) is 7. The molecule has 1 atom stereocenters. The maximum Gasteiger partial charge on any atom is 0.277 e. The molecule has 0 radical (unpaired) electrons. The number of fused-ring (bicyclic) bond motifs is 3. The van der Waals surface area contributed by atoms with Gasteiger partial charge in [0.2, 0.25) is 11.7 Å². The lowest BCUT2D eigenvalue weighted by molar-refractivity contribution is 0.187. The lowest BCUT2D eigenvalue weighted by Gasteiger charge is -2.11. The molecular weight excluding hydrogens is 362 g/mol. The molecule has 1 saturated heterocycles. The number of benzene rings is 1. The van der Waals surface area contributed by atoms with Crippen LogP contribution in [0.15, 0.2) is 39.9 Å². The molecule has 1 aliphatic rings. The third kappa shape index (κ3) is 2.62. The molecule has 1 aliphatic heterocycles. The van der Waals surface area contributed by atoms with Crippen LogP contribution in [0.4, 0.5) is 0 Å². The summed E-state index contributed by atoms with van der Waals surface area (Å²) in [5.74, 6) is 0.929. The minimum Gasteiger partial charge on any atom is -0.383 e. The van der Waals surface area contributed by atoms with E-state index >= 15 is 0 Å². The second-order valence-corrected chi connectivity index (χ2v) is 6.77. The summed E-state index contributed by atoms with van der Waals surface area (Å²) in [4.78, 5) is 22.2. The predicted molar refractivity (Wildman–Crippen MR) is 100 cm³/mol. The smallest absolute Gasteiger partial charge is 0.277 e. The molecular formula is C19H19N5O4. The van der Waals surface area contributed by atoms with Gasteiger partial charge in [-0.25, -0.2) is 4.98 Å². The highest BCUT2D eigenvalue weighted by Gasteiger charge is 2.26. The number of hydrogen-bond donors (Lipinski definition) is 0. The normalized spacial score (nSPS) is 17.1. The minimum absolute atomic E-state index is 0.0920. The van der Waals surface area contributed by atoms with Gasteiger partial charge in [0.1, 0.15) is 17.5 Å². The first-order valence-electron chi connectivity index (χ1n) is 9.17. The van der Waals surface area contributed by atoms with Crippen LogP contribution in [0.5, 0.6) is 0 Å². The summed E-state index contributed by atoms with van der Waals surface area (Å²) in [6, 6.07) is 7.70. The highest BCUT2D eigenvalue weighted by atomic mass is 16.5. The van der Waals surface area contributed by atoms with Crippen LogP contribution in [0, 0.1) is 0 Å². The molecule has 144 valence electrons. The lowest BCUT2D eigenvalue weighted by atomic mass is 10.1. The van der Waals surface area contributed by atoms with Crippen LogP contribution >= 0.6 is 0 Å². The molecule has 3 aromatic heterocycles. The standard InChI is InChI=1S/C19H19N5O4/c1-26-9-7-23-13-4-2-3-5-14(13)24-11-20-15(16(24)19(23)25)17-21-18(28-22-17)12-6-8-27-10-12/h2-5,11-12H,6-10H2,1H3. The Kier molecular flexibility index (Phi) is 4.18. The van der Waals surface area contributed by atoms with Crippen molar-refractivity contribution in [3.63, 3.8) is 0 Å². The third-order valence-electron chi connectivity index (χ3n) is 5.10. The van der Waals surface area contributed by atoms with Crippen LogP contribution < -0.4 is 5.56 Å². The van der Waals surface area contributed by atoms with E-state index in [1.54, 1.807) is 22.4 Å². The first-order valence-corrected chi connectivity index (χ1v) is 9.17. The lowest BCUT2D eigenvalue weighted by Crippen LogP contribution is -2.25. The molecule has 28 heavy (non-hydrogen) atoms. The van der Waals surface area contributed by atoms with Gasteiger partial charge in [0.15, 0.2) is 0 Å². The average molecular weight is 381 g/mol. The number of aromatic nitrogens is 5. The fourth-order valence-electron chi connectivity index (χ4n) is 3.66. The van der Waals surface area contributed by atoms with Crippen molar-refractivity contribution in [2.75, 3.05) is 26.9 Å². The molecule has 9 heteroatoms. The van der Waals surface area contributed by atoms with Gasteiger partial charge in [-0.05, 0) is 18.6 Å². The molecule has 5 rings (SSSR count). The predicted octanol–water partition coefficient (Wildman–Crippen LogP) is 1.85. The van der Waals surface area contributed by atoms with Crippen molar-refractivity contribution >= 4 is 16.6 Å². The van der Waals surface area contributed by atoms with Gasteiger partial charge < -0.3 is 18.6 Å². The molecule has 0 spiro atoms. The molecule has 1 unspecified atom stereocenters. The van der Waals surface area contributed by atoms with E-state index in [9.17, 15) is 4.79 Å². The zero-order chi connectivity index (χ0) is 19.1. The largest absolute Gasteiger partial charge is 0.383 e. The molecule has 0 amide bonds. The van der Waals surface area contributed by atoms with Crippen molar-refractivity contribution in [2.45, 2.75) is 18.9 Å². The van der Waals surface area contributed by atoms with Crippen LogP contribution in [0.25, 0.3) is 28.1 Å². The van der Waals surface area contributed by atoms with Crippen molar-refractivity contribution in [1.82, 2.24) is 24.1 Å². The average Bonchev–Trinajstić information content (AvgIpc) is 3.47. The third-order valence-corrected chi connectivity index (χ3v) is 5.10. The first-order chi connectivity index (χ1) is 13.8. The van der Waals surface area contributed by atoms with Gasteiger partial charge in [-0.15, -0.1) is 0 Å². The summed E-state index contributed by atoms with van der Waals surface area (Å²) in [6.07, 6.45) is 2.48. The Morgan fingerprint density at radius 2 is 2.14 bits per heavy atom. The van der Waals surface area contributed by atoms with Gasteiger partial charge in [0.25, 0.3) is 5.56 Å². The van der Waals surface area contributed by atoms with Crippen LogP contribution in [0.3, 0.4) is 0 Å². The maximum atomic E-state index is 13.3. The number of nitrogens with zero attached hydrogens (tertiary/aromatic N) is 5. The quantitative estimate of drug-likeness (QED) is 0.520. The Balaban J connectivity index is 1.71. The second-order valence-electron chi connectivity index (χ2n) is 6.77. The van der Waals surface area contributed by atoms with E-state index in [4.69, 9.17) is 14.0 Å². The number of imidazole rings is 1. The molecule has 4 aromatic rings. The summed E-state index contributed by atoms with van der Waals surface area (Å²) >= 11 is 0. The number of methoxy groups -OCH3 is 1. The Bertz CT molecular complexity index is 1200. The highest BCUT2D eigenvalue weighted by molar-refractivity contribution is 5.83. The van der Waals surface area contributed by atoms with Gasteiger partial charge in [-0.1, -0.05) is 17.3 Å². The van der Waals surface area contributed by atoms with E-state index in [0.29, 0.717) is 49.3 Å². The van der Waals surface area contributed by atoms with Gasteiger partial charge in [0.05, 0.1) is 30.2 Å². The molecule has 0 bridgehead atoms. The van der Waals surface area contributed by atoms with Gasteiger partial charge in [0, 0.05) is 20.3 Å². The SMILES string of the molecule is COCCn1c(=O)c2c(-c3noc(C4CCOC4)n3)ncn2c2ccccc21. The Morgan fingerprint density at radius 3 is 2.93 bits per heavy atom. The van der Waals surface area contributed by atoms with E-state index in [0.717, 1.165) is 17.5 Å². The van der Waals surface area contributed by atoms with Crippen LogP contribution in [0.2, 0.25) is 0 Å². The summed E-state index contributed by atoms with van der Waals surface area (Å²) in [5.41, 5.74) is 2.36. The number of ether oxygens (including phenoxy) is 2. The fraction of sp³-hybridized carbons (Fsp3) is 0.368. The van der Waals surface area contributed by atoms with Gasteiger partial charge in [-0.2, -0.15) is 4.98 Å². The van der Waals surface area contributed by atoms with Crippen LogP contribution in [-0.4, -0.2) is 51.0 Å². The van der Waals surface area contributed by atoms with Crippen molar-refractivity contribution < 1.29 is 14.0 Å². The van der Waals surface area contributed by atoms with E-state index in [1.165, 1.54) is 0 Å². The van der Waals surface area contributed by atoms with Crippen molar-refractivity contribution in [2.24, 2.45) is 0 Å². The maximum absolute atomic E-state index is 13.3. The topological polar surface area (TPSA) is 96.7 Å². The first kappa shape index (κ1) is 17.1. The Labute approximate surface area is 159 Å². The minimum atomic E-state index is -0.168. The molecule has 1 fully saturated rings. The summed E-state index contributed by atoms with van der Waals surface area (Å²) in [6.45, 7) is 2.12. The molecule has 0 saturated carbocycles. The fourth-order valence-corrected chi connectivity index (χ4v) is 3.66. The van der Waals surface area contributed by atoms with Crippen molar-refractivity contribution in [3.05, 3.63) is 46.8 Å². The van der Waals surface area contributed by atoms with Gasteiger partial charge >= 0.3 is 0 Å². The Morgan fingerprint density at radius 1 is 1.29 bits per heavy atom. The Hall–Kier alpha value is -3.04. The monoisotopic (exact) mass is 381 g/mol. The molecule has 9 nitrogen and oxygen atoms in total. The van der Waals surface area contributed by atoms with Crippen LogP contribution in [-0.2, 0) is 16.0 Å². The number of rotatable bonds is 5. The van der Waals surface area contributed by atoms with E-state index < -0.39 is 0 Å². The zero-order valence-electron chi connectivity index (χ0n) is 15.4. The zero-order valence-corrected chi connectivity index (χ0v) is 15.4. The molecule has 4 heterocycles. The number of para-hydroxylation sites is 2. The summed E-state index contributed by atoms with van der Waals surface area (Å²) in [7, 11) is 1.61. The second kappa shape index (κ2) is 6.84. The van der Waals surface area contributed by atoms with Gasteiger partial charge in [-0.3, -0.25) is 9.20 Å². The van der Waals surface area contributed by atoms with E-state index in [1.807, 2.05) is 24.3 Å². The van der Waals surface area contributed by atoms with Crippen molar-refractivity contribution in [3.8, 4) is 11.5 Å². The molecule has 0 aliphatic carbocycles. The van der Waals surface area contributed by atoms with Crippen molar-refractivity contribution in [1.29, 1.82) is 0 Å². The van der Waals surface area contributed by atoms with E-state index in [-0.39, 0.29) is 11.5 Å². The van der Waals surface area contributed by atoms with Crippen LogP contribution in [0.1, 0.15) is 18.2 Å². The molecule has 1 aromatic carbocycles. The summed E-state index contributed by atoms with van der Waals surface area (Å²) in [5, 5.41) is 4.08. The van der Waals surface area contributed by atoms with E-state index in [2.05, 4.69) is 15.1 Å².